The molecular formula is C21H38N2O. The second-order valence-corrected chi connectivity index (χ2v) is 5.88. The van der Waals surface area contributed by atoms with E-state index in [0.29, 0.717) is 0 Å². The predicted octanol–water partition coefficient (Wildman–Crippen LogP) is 6.19. The molecule has 2 rings (SSSR count). The number of pyridine rings is 1. The third-order valence-electron chi connectivity index (χ3n) is 4.61. The summed E-state index contributed by atoms with van der Waals surface area (Å²) in [5.74, 6) is 0.136. The van der Waals surface area contributed by atoms with Crippen molar-refractivity contribution >= 4 is 5.91 Å². The third kappa shape index (κ3) is 4.81. The molecule has 0 radical (unpaired) electrons. The Labute approximate surface area is 149 Å². The van der Waals surface area contributed by atoms with Crippen LogP contribution in [0.5, 0.6) is 0 Å². The Balaban J connectivity index is 0.00000123. The van der Waals surface area contributed by atoms with Crippen LogP contribution in [-0.2, 0) is 5.54 Å². The molecule has 1 aromatic rings. The highest BCUT2D eigenvalue weighted by Crippen LogP contribution is 2.44. The van der Waals surface area contributed by atoms with Gasteiger partial charge in [-0.2, -0.15) is 0 Å². The summed E-state index contributed by atoms with van der Waals surface area (Å²) < 4.78 is 0. The molecule has 3 heteroatoms. The van der Waals surface area contributed by atoms with Crippen molar-refractivity contribution in [3.63, 3.8) is 0 Å². The van der Waals surface area contributed by atoms with E-state index in [1.807, 2.05) is 51.9 Å². The van der Waals surface area contributed by atoms with E-state index in [2.05, 4.69) is 18.8 Å². The van der Waals surface area contributed by atoms with Gasteiger partial charge in [-0.15, -0.1) is 0 Å². The summed E-state index contributed by atoms with van der Waals surface area (Å²) in [6.07, 6.45) is 11.7. The molecule has 0 N–H and O–H groups in total. The summed E-state index contributed by atoms with van der Waals surface area (Å²) in [6.45, 7) is 12.4. The van der Waals surface area contributed by atoms with Gasteiger partial charge in [-0.25, -0.2) is 0 Å². The highest BCUT2D eigenvalue weighted by atomic mass is 16.2. The van der Waals surface area contributed by atoms with Gasteiger partial charge in [0.2, 0.25) is 0 Å². The summed E-state index contributed by atoms with van der Waals surface area (Å²) in [6, 6.07) is 2.05. The molecular weight excluding hydrogens is 296 g/mol. The van der Waals surface area contributed by atoms with Crippen LogP contribution in [0.3, 0.4) is 0 Å². The molecule has 1 aliphatic heterocycles. The van der Waals surface area contributed by atoms with Gasteiger partial charge in [0.25, 0.3) is 5.91 Å². The molecule has 0 fully saturated rings. The lowest BCUT2D eigenvalue weighted by Gasteiger charge is -2.37. The molecule has 1 atom stereocenters. The fourth-order valence-corrected chi connectivity index (χ4v) is 3.51. The summed E-state index contributed by atoms with van der Waals surface area (Å²) in [7, 11) is 1.96. The summed E-state index contributed by atoms with van der Waals surface area (Å²) in [5.41, 5.74) is 1.90. The molecule has 1 aliphatic rings. The van der Waals surface area contributed by atoms with Crippen molar-refractivity contribution in [3.05, 3.63) is 29.6 Å². The molecule has 0 saturated carbocycles. The molecule has 138 valence electrons. The van der Waals surface area contributed by atoms with Crippen LogP contribution >= 0.6 is 0 Å². The van der Waals surface area contributed by atoms with E-state index < -0.39 is 0 Å². The van der Waals surface area contributed by atoms with E-state index >= 15 is 0 Å². The molecule has 2 heterocycles. The van der Waals surface area contributed by atoms with Crippen molar-refractivity contribution in [1.29, 1.82) is 0 Å². The second-order valence-electron chi connectivity index (χ2n) is 5.88. The highest BCUT2D eigenvalue weighted by molar-refractivity contribution is 5.99. The molecule has 0 aromatic carbocycles. The minimum Gasteiger partial charge on any atom is -0.332 e. The first-order valence-electron chi connectivity index (χ1n) is 9.90. The minimum atomic E-state index is -0.0994. The van der Waals surface area contributed by atoms with Crippen LogP contribution in [0.25, 0.3) is 0 Å². The summed E-state index contributed by atoms with van der Waals surface area (Å²) in [5, 5.41) is 0. The zero-order valence-corrected chi connectivity index (χ0v) is 17.0. The Bertz CT molecular complexity index is 473. The quantitative estimate of drug-likeness (QED) is 0.557. The Hall–Kier alpha value is -1.38. The Kier molecular flexibility index (Phi) is 11.4. The molecule has 0 bridgehead atoms. The van der Waals surface area contributed by atoms with Crippen molar-refractivity contribution in [2.75, 3.05) is 7.05 Å². The molecule has 24 heavy (non-hydrogen) atoms. The van der Waals surface area contributed by atoms with Gasteiger partial charge in [0, 0.05) is 19.4 Å². The number of aromatic nitrogens is 1. The van der Waals surface area contributed by atoms with Gasteiger partial charge in [0.15, 0.2) is 0 Å². The number of unbranched alkanes of at least 4 members (excludes halogenated alkanes) is 3. The normalized spacial score (nSPS) is 18.3. The van der Waals surface area contributed by atoms with Gasteiger partial charge in [-0.3, -0.25) is 9.78 Å². The van der Waals surface area contributed by atoms with Crippen LogP contribution in [0.4, 0.5) is 0 Å². The molecule has 3 nitrogen and oxygen atoms in total. The maximum atomic E-state index is 12.5. The van der Waals surface area contributed by atoms with Crippen molar-refractivity contribution < 1.29 is 4.79 Å². The minimum absolute atomic E-state index is 0.0994. The fourth-order valence-electron chi connectivity index (χ4n) is 3.51. The standard InChI is InChI=1S/C17H26N2O.2C2H6/c1-4-6-7-8-11-17(10-5-2)15-9-12-18-13-14(15)16(20)19(17)3;2*1-2/h9,12-13H,4-8,10-11H2,1-3H3;2*1-2H3. The number of fused-ring (bicyclic) bond motifs is 1. The van der Waals surface area contributed by atoms with Crippen LogP contribution in [0.1, 0.15) is 102 Å². The van der Waals surface area contributed by atoms with E-state index in [1.165, 1.54) is 31.2 Å². The zero-order chi connectivity index (χ0) is 18.6. The maximum Gasteiger partial charge on any atom is 0.256 e. The molecule has 0 aliphatic carbocycles. The van der Waals surface area contributed by atoms with Crippen LogP contribution in [0.15, 0.2) is 18.5 Å². The lowest BCUT2D eigenvalue weighted by Crippen LogP contribution is -2.41. The van der Waals surface area contributed by atoms with E-state index in [-0.39, 0.29) is 11.4 Å². The van der Waals surface area contributed by atoms with Crippen molar-refractivity contribution in [2.24, 2.45) is 0 Å². The van der Waals surface area contributed by atoms with Crippen molar-refractivity contribution in [2.45, 2.75) is 92.0 Å². The fraction of sp³-hybridized carbons (Fsp3) is 0.714. The largest absolute Gasteiger partial charge is 0.332 e. The predicted molar refractivity (Wildman–Crippen MR) is 104 cm³/mol. The second kappa shape index (κ2) is 12.0. The number of carbonyl (C=O) groups is 1. The van der Waals surface area contributed by atoms with Gasteiger partial charge < -0.3 is 4.90 Å². The van der Waals surface area contributed by atoms with E-state index in [4.69, 9.17) is 0 Å². The smallest absolute Gasteiger partial charge is 0.256 e. The van der Waals surface area contributed by atoms with Crippen LogP contribution in [0.2, 0.25) is 0 Å². The van der Waals surface area contributed by atoms with Gasteiger partial charge in [0.1, 0.15) is 0 Å². The van der Waals surface area contributed by atoms with E-state index in [9.17, 15) is 4.79 Å². The van der Waals surface area contributed by atoms with Crippen LogP contribution < -0.4 is 0 Å². The van der Waals surface area contributed by atoms with E-state index in [1.54, 1.807) is 6.20 Å². The number of hydrogen-bond donors (Lipinski definition) is 0. The summed E-state index contributed by atoms with van der Waals surface area (Å²) >= 11 is 0. The summed E-state index contributed by atoms with van der Waals surface area (Å²) in [4.78, 5) is 18.6. The topological polar surface area (TPSA) is 33.2 Å². The Morgan fingerprint density at radius 3 is 2.25 bits per heavy atom. The van der Waals surface area contributed by atoms with Crippen LogP contribution in [0, 0.1) is 0 Å². The van der Waals surface area contributed by atoms with E-state index in [0.717, 1.165) is 24.8 Å². The molecule has 0 spiro atoms. The average molecular weight is 335 g/mol. The van der Waals surface area contributed by atoms with Gasteiger partial charge in [0.05, 0.1) is 11.1 Å². The number of amides is 1. The monoisotopic (exact) mass is 334 g/mol. The molecule has 1 amide bonds. The molecule has 1 unspecified atom stereocenters. The molecule has 0 saturated heterocycles. The number of carbonyl (C=O) groups excluding carboxylic acids is 1. The van der Waals surface area contributed by atoms with Gasteiger partial charge >= 0.3 is 0 Å². The first-order valence-corrected chi connectivity index (χ1v) is 9.90. The van der Waals surface area contributed by atoms with Crippen LogP contribution in [-0.4, -0.2) is 22.8 Å². The van der Waals surface area contributed by atoms with Crippen molar-refractivity contribution in [3.8, 4) is 0 Å². The van der Waals surface area contributed by atoms with Gasteiger partial charge in [-0.1, -0.05) is 73.6 Å². The first kappa shape index (κ1) is 22.6. The SMILES string of the molecule is CC.CC.CCCCCCC1(CCC)c2ccncc2C(=O)N1C. The Morgan fingerprint density at radius 2 is 1.67 bits per heavy atom. The average Bonchev–Trinajstić information content (AvgIpc) is 2.85. The van der Waals surface area contributed by atoms with Crippen molar-refractivity contribution in [1.82, 2.24) is 9.88 Å². The number of hydrogen-bond acceptors (Lipinski definition) is 2. The third-order valence-corrected chi connectivity index (χ3v) is 4.61. The lowest BCUT2D eigenvalue weighted by atomic mass is 9.81. The zero-order valence-electron chi connectivity index (χ0n) is 17.0. The highest BCUT2D eigenvalue weighted by Gasteiger charge is 2.46. The van der Waals surface area contributed by atoms with Gasteiger partial charge in [-0.05, 0) is 24.5 Å². The lowest BCUT2D eigenvalue weighted by molar-refractivity contribution is 0.0578. The maximum absolute atomic E-state index is 12.5. The number of nitrogens with zero attached hydrogens (tertiary/aromatic N) is 2. The first-order chi connectivity index (χ1) is 11.7. The number of rotatable bonds is 7. The molecule has 1 aromatic heterocycles. The Morgan fingerprint density at radius 1 is 1.00 bits per heavy atom.